The second-order valence-electron chi connectivity index (χ2n) is 4.32. The summed E-state index contributed by atoms with van der Waals surface area (Å²) < 4.78 is 0. The van der Waals surface area contributed by atoms with Crippen molar-refractivity contribution in [2.75, 3.05) is 0 Å². The van der Waals surface area contributed by atoms with Crippen molar-refractivity contribution in [3.8, 4) is 0 Å². The van der Waals surface area contributed by atoms with Crippen molar-refractivity contribution in [1.29, 1.82) is 0 Å². The molecule has 0 aromatic rings. The van der Waals surface area contributed by atoms with Crippen molar-refractivity contribution in [3.05, 3.63) is 23.8 Å². The van der Waals surface area contributed by atoms with E-state index in [-0.39, 0.29) is 0 Å². The first-order valence-electron chi connectivity index (χ1n) is 5.88. The van der Waals surface area contributed by atoms with Crippen LogP contribution in [0.4, 0.5) is 0 Å². The Bertz CT molecular complexity index is 232. The number of allylic oxidation sites excluding steroid dienone is 3. The molecule has 1 heteroatoms. The fourth-order valence-electron chi connectivity index (χ4n) is 1.40. The van der Waals surface area contributed by atoms with Gasteiger partial charge in [0.05, 0.1) is 0 Å². The first-order chi connectivity index (χ1) is 7.06. The second-order valence-corrected chi connectivity index (χ2v) is 4.32. The van der Waals surface area contributed by atoms with Crippen molar-refractivity contribution in [2.24, 2.45) is 0 Å². The Morgan fingerprint density at radius 2 is 1.87 bits per heavy atom. The van der Waals surface area contributed by atoms with E-state index in [1.807, 2.05) is 6.92 Å². The number of Topliss-reactive ketones (excluding diaryl/α,β-unsaturated/α-hetero) is 1. The highest BCUT2D eigenvalue weighted by Crippen LogP contribution is 2.13. The zero-order chi connectivity index (χ0) is 11.7. The Labute approximate surface area is 94.3 Å². The molecule has 1 nitrogen and oxygen atoms in total. The average molecular weight is 208 g/mol. The summed E-state index contributed by atoms with van der Waals surface area (Å²) in [5.41, 5.74) is 2.64. The summed E-state index contributed by atoms with van der Waals surface area (Å²) in [5, 5.41) is 0. The summed E-state index contributed by atoms with van der Waals surface area (Å²) in [6, 6.07) is 0. The molecule has 0 amide bonds. The average Bonchev–Trinajstić information content (AvgIpc) is 2.17. The second kappa shape index (κ2) is 8.46. The maximum Gasteiger partial charge on any atom is 0.132 e. The van der Waals surface area contributed by atoms with Crippen molar-refractivity contribution in [3.63, 3.8) is 0 Å². The lowest BCUT2D eigenvalue weighted by Gasteiger charge is -2.03. The van der Waals surface area contributed by atoms with Crippen LogP contribution >= 0.6 is 0 Å². The van der Waals surface area contributed by atoms with Gasteiger partial charge >= 0.3 is 0 Å². The van der Waals surface area contributed by atoms with Gasteiger partial charge in [-0.1, -0.05) is 30.7 Å². The van der Waals surface area contributed by atoms with Gasteiger partial charge in [-0.3, -0.25) is 4.79 Å². The Hall–Kier alpha value is -0.850. The number of hydrogen-bond acceptors (Lipinski definition) is 1. The van der Waals surface area contributed by atoms with Crippen LogP contribution in [-0.2, 0) is 4.79 Å². The molecule has 0 aromatic carbocycles. The molecule has 0 saturated carbocycles. The van der Waals surface area contributed by atoms with Crippen LogP contribution in [0.3, 0.4) is 0 Å². The van der Waals surface area contributed by atoms with Gasteiger partial charge in [-0.25, -0.2) is 0 Å². The van der Waals surface area contributed by atoms with Crippen LogP contribution in [-0.4, -0.2) is 5.78 Å². The number of carbonyl (C=O) groups excluding carboxylic acids is 1. The molecule has 0 unspecified atom stereocenters. The highest BCUT2D eigenvalue weighted by molar-refractivity contribution is 5.77. The van der Waals surface area contributed by atoms with E-state index in [2.05, 4.69) is 26.5 Å². The van der Waals surface area contributed by atoms with Crippen LogP contribution < -0.4 is 0 Å². The standard InChI is InChI=1S/C14H24O/c1-5-14(15)11-7-10-13(4)9-6-8-12(2)3/h8H,4-7,9-11H2,1-3H3. The zero-order valence-corrected chi connectivity index (χ0v) is 10.4. The Balaban J connectivity index is 3.50. The van der Waals surface area contributed by atoms with Crippen molar-refractivity contribution >= 4 is 5.78 Å². The number of carbonyl (C=O) groups is 1. The van der Waals surface area contributed by atoms with Crippen LogP contribution in [0.25, 0.3) is 0 Å². The first kappa shape index (κ1) is 14.2. The maximum atomic E-state index is 11.1. The predicted molar refractivity (Wildman–Crippen MR) is 67.0 cm³/mol. The van der Waals surface area contributed by atoms with E-state index in [1.54, 1.807) is 0 Å². The summed E-state index contributed by atoms with van der Waals surface area (Å²) >= 11 is 0. The highest BCUT2D eigenvalue weighted by atomic mass is 16.1. The fourth-order valence-corrected chi connectivity index (χ4v) is 1.40. The van der Waals surface area contributed by atoms with Crippen LogP contribution in [0.5, 0.6) is 0 Å². The van der Waals surface area contributed by atoms with Crippen LogP contribution in [0.2, 0.25) is 0 Å². The minimum atomic E-state index is 0.368. The van der Waals surface area contributed by atoms with Gasteiger partial charge in [-0.15, -0.1) is 0 Å². The van der Waals surface area contributed by atoms with E-state index in [0.717, 1.165) is 32.1 Å². The molecule has 0 bridgehead atoms. The summed E-state index contributed by atoms with van der Waals surface area (Å²) in [5.74, 6) is 0.368. The Morgan fingerprint density at radius 3 is 2.40 bits per heavy atom. The Morgan fingerprint density at radius 1 is 1.20 bits per heavy atom. The molecule has 0 radical (unpaired) electrons. The number of rotatable bonds is 8. The summed E-state index contributed by atoms with van der Waals surface area (Å²) in [4.78, 5) is 11.1. The van der Waals surface area contributed by atoms with Crippen LogP contribution in [0.1, 0.15) is 59.3 Å². The molecule has 0 aliphatic rings. The lowest BCUT2D eigenvalue weighted by molar-refractivity contribution is -0.118. The lowest BCUT2D eigenvalue weighted by atomic mass is 10.0. The first-order valence-corrected chi connectivity index (χ1v) is 5.88. The van der Waals surface area contributed by atoms with E-state index >= 15 is 0 Å². The fraction of sp³-hybridized carbons (Fsp3) is 0.643. The minimum absolute atomic E-state index is 0.368. The van der Waals surface area contributed by atoms with Gasteiger partial charge in [0.2, 0.25) is 0 Å². The third-order valence-electron chi connectivity index (χ3n) is 2.43. The normalized spacial score (nSPS) is 9.80. The van der Waals surface area contributed by atoms with Gasteiger partial charge < -0.3 is 0 Å². The molecule has 0 spiro atoms. The molecule has 0 fully saturated rings. The molecule has 0 aliphatic carbocycles. The topological polar surface area (TPSA) is 17.1 Å². The minimum Gasteiger partial charge on any atom is -0.300 e. The van der Waals surface area contributed by atoms with Crippen molar-refractivity contribution in [2.45, 2.75) is 59.3 Å². The summed E-state index contributed by atoms with van der Waals surface area (Å²) in [6.45, 7) is 10.2. The smallest absolute Gasteiger partial charge is 0.132 e. The van der Waals surface area contributed by atoms with E-state index < -0.39 is 0 Å². The Kier molecular flexibility index (Phi) is 7.98. The molecule has 0 saturated heterocycles. The molecule has 0 aromatic heterocycles. The van der Waals surface area contributed by atoms with Gasteiger partial charge in [0, 0.05) is 12.8 Å². The summed E-state index contributed by atoms with van der Waals surface area (Å²) in [7, 11) is 0. The van der Waals surface area contributed by atoms with Gasteiger partial charge in [-0.05, 0) is 39.5 Å². The van der Waals surface area contributed by atoms with Crippen LogP contribution in [0.15, 0.2) is 23.8 Å². The van der Waals surface area contributed by atoms with Crippen molar-refractivity contribution < 1.29 is 4.79 Å². The molecular formula is C14H24O. The lowest BCUT2D eigenvalue weighted by Crippen LogP contribution is -1.94. The van der Waals surface area contributed by atoms with Gasteiger partial charge in [-0.2, -0.15) is 0 Å². The van der Waals surface area contributed by atoms with Gasteiger partial charge in [0.1, 0.15) is 5.78 Å². The quantitative estimate of drug-likeness (QED) is 0.539. The largest absolute Gasteiger partial charge is 0.300 e. The highest BCUT2D eigenvalue weighted by Gasteiger charge is 1.99. The van der Waals surface area contributed by atoms with E-state index in [4.69, 9.17) is 0 Å². The third kappa shape index (κ3) is 9.45. The van der Waals surface area contributed by atoms with Gasteiger partial charge in [0.25, 0.3) is 0 Å². The van der Waals surface area contributed by atoms with Crippen molar-refractivity contribution in [1.82, 2.24) is 0 Å². The molecule has 15 heavy (non-hydrogen) atoms. The molecule has 0 N–H and O–H groups in total. The molecule has 0 aliphatic heterocycles. The van der Waals surface area contributed by atoms with E-state index in [9.17, 15) is 4.79 Å². The SMILES string of the molecule is C=C(CCC=C(C)C)CCCC(=O)CC. The van der Waals surface area contributed by atoms with E-state index in [0.29, 0.717) is 12.2 Å². The monoisotopic (exact) mass is 208 g/mol. The van der Waals surface area contributed by atoms with E-state index in [1.165, 1.54) is 11.1 Å². The number of ketones is 1. The number of hydrogen-bond donors (Lipinski definition) is 0. The maximum absolute atomic E-state index is 11.1. The summed E-state index contributed by atoms with van der Waals surface area (Å²) in [6.07, 6.45) is 7.75. The molecule has 0 rings (SSSR count). The molecular weight excluding hydrogens is 184 g/mol. The predicted octanol–water partition coefficient (Wildman–Crippen LogP) is 4.44. The van der Waals surface area contributed by atoms with Crippen LogP contribution in [0, 0.1) is 0 Å². The van der Waals surface area contributed by atoms with Gasteiger partial charge in [0.15, 0.2) is 0 Å². The molecule has 86 valence electrons. The molecule has 0 atom stereocenters. The molecule has 0 heterocycles. The zero-order valence-electron chi connectivity index (χ0n) is 10.4. The third-order valence-corrected chi connectivity index (χ3v) is 2.43.